The molecule has 1 amide bonds. The van der Waals surface area contributed by atoms with E-state index in [1.165, 1.54) is 6.08 Å². The Kier molecular flexibility index (Phi) is 4.23. The lowest BCUT2D eigenvalue weighted by Crippen LogP contribution is -2.34. The molecule has 1 aliphatic heterocycles. The van der Waals surface area contributed by atoms with Gasteiger partial charge in [-0.2, -0.15) is 0 Å². The first-order chi connectivity index (χ1) is 9.50. The van der Waals surface area contributed by atoms with E-state index in [2.05, 4.69) is 6.92 Å². The van der Waals surface area contributed by atoms with Gasteiger partial charge in [0.15, 0.2) is 0 Å². The van der Waals surface area contributed by atoms with Crippen LogP contribution < -0.4 is 0 Å². The van der Waals surface area contributed by atoms with Crippen molar-refractivity contribution in [2.75, 3.05) is 6.54 Å². The van der Waals surface area contributed by atoms with Crippen molar-refractivity contribution in [3.05, 3.63) is 41.0 Å². The average Bonchev–Trinajstić information content (AvgIpc) is 2.83. The van der Waals surface area contributed by atoms with Crippen LogP contribution in [0.4, 0.5) is 0 Å². The maximum absolute atomic E-state index is 12.6. The smallest absolute Gasteiger partial charge is 0.328 e. The summed E-state index contributed by atoms with van der Waals surface area (Å²) in [6.45, 7) is 4.72. The summed E-state index contributed by atoms with van der Waals surface area (Å²) in [6.07, 6.45) is 4.71. The van der Waals surface area contributed by atoms with Gasteiger partial charge >= 0.3 is 5.97 Å². The van der Waals surface area contributed by atoms with E-state index >= 15 is 0 Å². The van der Waals surface area contributed by atoms with Crippen molar-refractivity contribution >= 4 is 18.0 Å². The molecule has 2 rings (SSSR count). The molecule has 0 bridgehead atoms. The lowest BCUT2D eigenvalue weighted by Gasteiger charge is -2.22. The van der Waals surface area contributed by atoms with Gasteiger partial charge in [-0.25, -0.2) is 4.79 Å². The topological polar surface area (TPSA) is 57.6 Å². The van der Waals surface area contributed by atoms with Crippen molar-refractivity contribution in [3.63, 3.8) is 0 Å². The fraction of sp³-hybridized carbons (Fsp3) is 0.375. The monoisotopic (exact) mass is 273 g/mol. The number of likely N-dealkylation sites (tertiary alicyclic amines) is 1. The largest absolute Gasteiger partial charge is 0.478 e. The lowest BCUT2D eigenvalue weighted by molar-refractivity contribution is -0.131. The third-order valence-corrected chi connectivity index (χ3v) is 3.83. The van der Waals surface area contributed by atoms with Crippen LogP contribution in [0.2, 0.25) is 0 Å². The van der Waals surface area contributed by atoms with Crippen LogP contribution in [-0.2, 0) is 4.79 Å². The van der Waals surface area contributed by atoms with Crippen molar-refractivity contribution in [3.8, 4) is 0 Å². The number of hydrogen-bond donors (Lipinski definition) is 1. The highest BCUT2D eigenvalue weighted by Crippen LogP contribution is 2.23. The SMILES string of the molecule is Cc1c(C=CC(=O)O)cccc1C(=O)N1CCCC1C. The van der Waals surface area contributed by atoms with E-state index in [4.69, 9.17) is 5.11 Å². The van der Waals surface area contributed by atoms with Crippen LogP contribution in [0.15, 0.2) is 24.3 Å². The van der Waals surface area contributed by atoms with Gasteiger partial charge in [0.1, 0.15) is 0 Å². The maximum Gasteiger partial charge on any atom is 0.328 e. The number of carbonyl (C=O) groups is 2. The quantitative estimate of drug-likeness (QED) is 0.861. The van der Waals surface area contributed by atoms with E-state index in [1.54, 1.807) is 12.1 Å². The molecule has 4 nitrogen and oxygen atoms in total. The van der Waals surface area contributed by atoms with Crippen molar-refractivity contribution in [1.29, 1.82) is 0 Å². The molecule has 106 valence electrons. The minimum Gasteiger partial charge on any atom is -0.478 e. The molecule has 1 aromatic carbocycles. The molecular weight excluding hydrogens is 254 g/mol. The fourth-order valence-corrected chi connectivity index (χ4v) is 2.62. The van der Waals surface area contributed by atoms with Crippen LogP contribution in [0.1, 0.15) is 41.3 Å². The van der Waals surface area contributed by atoms with E-state index in [-0.39, 0.29) is 11.9 Å². The normalized spacial score (nSPS) is 18.7. The van der Waals surface area contributed by atoms with Crippen LogP contribution in [0.3, 0.4) is 0 Å². The molecule has 1 atom stereocenters. The van der Waals surface area contributed by atoms with Gasteiger partial charge in [0.05, 0.1) is 0 Å². The zero-order valence-corrected chi connectivity index (χ0v) is 11.8. The third kappa shape index (κ3) is 2.90. The van der Waals surface area contributed by atoms with Gasteiger partial charge in [-0.15, -0.1) is 0 Å². The summed E-state index contributed by atoms with van der Waals surface area (Å²) in [5, 5.41) is 8.69. The van der Waals surface area contributed by atoms with Crippen LogP contribution in [0.25, 0.3) is 6.08 Å². The zero-order valence-electron chi connectivity index (χ0n) is 11.8. The van der Waals surface area contributed by atoms with Crippen molar-refractivity contribution in [1.82, 2.24) is 4.90 Å². The van der Waals surface area contributed by atoms with Crippen molar-refractivity contribution in [2.24, 2.45) is 0 Å². The predicted octanol–water partition coefficient (Wildman–Crippen LogP) is 2.72. The molecule has 1 saturated heterocycles. The Bertz CT molecular complexity index is 563. The summed E-state index contributed by atoms with van der Waals surface area (Å²) >= 11 is 0. The standard InChI is InChI=1S/C16H19NO3/c1-11-5-4-10-17(11)16(20)14-7-3-6-13(12(14)2)8-9-15(18)19/h3,6-9,11H,4-5,10H2,1-2H3,(H,18,19). The summed E-state index contributed by atoms with van der Waals surface area (Å²) < 4.78 is 0. The number of rotatable bonds is 3. The molecule has 1 fully saturated rings. The second-order valence-electron chi connectivity index (χ2n) is 5.18. The lowest BCUT2D eigenvalue weighted by atomic mass is 10.0. The predicted molar refractivity (Wildman–Crippen MR) is 77.6 cm³/mol. The van der Waals surface area contributed by atoms with E-state index in [9.17, 15) is 9.59 Å². The Morgan fingerprint density at radius 1 is 1.40 bits per heavy atom. The van der Waals surface area contributed by atoms with E-state index in [0.29, 0.717) is 5.56 Å². The van der Waals surface area contributed by atoms with Gasteiger partial charge in [-0.1, -0.05) is 12.1 Å². The Hall–Kier alpha value is -2.10. The Balaban J connectivity index is 2.30. The summed E-state index contributed by atoms with van der Waals surface area (Å²) in [7, 11) is 0. The third-order valence-electron chi connectivity index (χ3n) is 3.83. The molecule has 20 heavy (non-hydrogen) atoms. The highest BCUT2D eigenvalue weighted by Gasteiger charge is 2.26. The molecule has 0 aliphatic carbocycles. The highest BCUT2D eigenvalue weighted by atomic mass is 16.4. The van der Waals surface area contributed by atoms with E-state index in [0.717, 1.165) is 36.6 Å². The van der Waals surface area contributed by atoms with Gasteiger partial charge in [-0.05, 0) is 50.0 Å². The Morgan fingerprint density at radius 2 is 2.15 bits per heavy atom. The first-order valence-corrected chi connectivity index (χ1v) is 6.82. The average molecular weight is 273 g/mol. The molecule has 1 unspecified atom stereocenters. The Morgan fingerprint density at radius 3 is 2.75 bits per heavy atom. The van der Waals surface area contributed by atoms with Crippen LogP contribution in [0.5, 0.6) is 0 Å². The maximum atomic E-state index is 12.6. The fourth-order valence-electron chi connectivity index (χ4n) is 2.62. The second-order valence-corrected chi connectivity index (χ2v) is 5.18. The van der Waals surface area contributed by atoms with Crippen molar-refractivity contribution < 1.29 is 14.7 Å². The number of aliphatic carboxylic acids is 1. The van der Waals surface area contributed by atoms with Gasteiger partial charge in [0.2, 0.25) is 0 Å². The van der Waals surface area contributed by atoms with Crippen LogP contribution in [-0.4, -0.2) is 34.5 Å². The number of benzene rings is 1. The number of amides is 1. The first-order valence-electron chi connectivity index (χ1n) is 6.82. The number of carboxylic acid groups (broad SMARTS) is 1. The molecule has 4 heteroatoms. The molecular formula is C16H19NO3. The Labute approximate surface area is 118 Å². The zero-order chi connectivity index (χ0) is 14.7. The molecule has 0 radical (unpaired) electrons. The van der Waals surface area contributed by atoms with Crippen LogP contribution in [0, 0.1) is 6.92 Å². The summed E-state index contributed by atoms with van der Waals surface area (Å²) in [5.41, 5.74) is 2.26. The summed E-state index contributed by atoms with van der Waals surface area (Å²) in [6, 6.07) is 5.70. The number of nitrogens with zero attached hydrogens (tertiary/aromatic N) is 1. The molecule has 0 aromatic heterocycles. The van der Waals surface area contributed by atoms with Crippen LogP contribution >= 0.6 is 0 Å². The molecule has 1 heterocycles. The van der Waals surface area contributed by atoms with Gasteiger partial charge in [0.25, 0.3) is 5.91 Å². The van der Waals surface area contributed by atoms with Gasteiger partial charge in [-0.3, -0.25) is 4.79 Å². The number of hydrogen-bond acceptors (Lipinski definition) is 2. The van der Waals surface area contributed by atoms with Gasteiger partial charge < -0.3 is 10.0 Å². The van der Waals surface area contributed by atoms with Crippen molar-refractivity contribution in [2.45, 2.75) is 32.7 Å². The van der Waals surface area contributed by atoms with E-state index < -0.39 is 5.97 Å². The first kappa shape index (κ1) is 14.3. The molecule has 1 aliphatic rings. The molecule has 1 N–H and O–H groups in total. The van der Waals surface area contributed by atoms with E-state index in [1.807, 2.05) is 17.9 Å². The second kappa shape index (κ2) is 5.90. The molecule has 0 saturated carbocycles. The minimum atomic E-state index is -0.991. The number of carbonyl (C=O) groups excluding carboxylic acids is 1. The molecule has 0 spiro atoms. The summed E-state index contributed by atoms with van der Waals surface area (Å²) in [5.74, 6) is -0.952. The number of carboxylic acids is 1. The minimum absolute atomic E-state index is 0.0399. The van der Waals surface area contributed by atoms with Gasteiger partial charge in [0, 0.05) is 24.2 Å². The highest BCUT2D eigenvalue weighted by molar-refractivity contribution is 5.97. The molecule has 1 aromatic rings. The summed E-state index contributed by atoms with van der Waals surface area (Å²) in [4.78, 5) is 25.0.